The molecule has 1 saturated heterocycles. The van der Waals surface area contributed by atoms with Gasteiger partial charge in [-0.2, -0.15) is 0 Å². The number of phenols is 1. The molecule has 2 N–H and O–H groups in total. The molecule has 3 aliphatic rings. The van der Waals surface area contributed by atoms with Crippen LogP contribution in [0.2, 0.25) is 0 Å². The van der Waals surface area contributed by atoms with Gasteiger partial charge in [0, 0.05) is 42.0 Å². The molecule has 3 amide bonds. The van der Waals surface area contributed by atoms with Gasteiger partial charge in [0.1, 0.15) is 42.3 Å². The molecule has 264 valence electrons. The Morgan fingerprint density at radius 3 is 2.22 bits per heavy atom. The molecule has 0 radical (unpaired) electrons. The van der Waals surface area contributed by atoms with Gasteiger partial charge < -0.3 is 33.7 Å². The minimum Gasteiger partial charge on any atom is -0.508 e. The highest BCUT2D eigenvalue weighted by Gasteiger charge is 2.39. The third kappa shape index (κ3) is 7.84. The largest absolute Gasteiger partial charge is 0.508 e. The van der Waals surface area contributed by atoms with Gasteiger partial charge >= 0.3 is 0 Å². The number of hydrogen-bond donors (Lipinski definition) is 2. The number of aromatic hydroxyl groups is 1. The molecule has 1 unspecified atom stereocenters. The van der Waals surface area contributed by atoms with E-state index in [0.29, 0.717) is 76.3 Å². The third-order valence-corrected chi connectivity index (χ3v) is 9.48. The molecule has 0 saturated carbocycles. The Morgan fingerprint density at radius 2 is 1.47 bits per heavy atom. The smallest absolute Gasteiger partial charge is 0.255 e. The predicted octanol–water partition coefficient (Wildman–Crippen LogP) is 4.95. The SMILES string of the molecule is O=C1CCC(N2Cc3cc(OCCOCCOCCOc4ccc([C@H]5c6ccc(O)cc6OC[C@H]5c5ccccc5)cc4)ccc3C2=O)C(=O)N1. The fourth-order valence-corrected chi connectivity index (χ4v) is 6.97. The fraction of sp³-hybridized carbons (Fsp3) is 0.325. The highest BCUT2D eigenvalue weighted by Crippen LogP contribution is 2.47. The summed E-state index contributed by atoms with van der Waals surface area (Å²) in [6.45, 7) is 3.15. The maximum absolute atomic E-state index is 12.9. The van der Waals surface area contributed by atoms with Crippen molar-refractivity contribution in [2.45, 2.75) is 37.3 Å². The van der Waals surface area contributed by atoms with E-state index in [0.717, 1.165) is 22.4 Å². The average Bonchev–Trinajstić information content (AvgIpc) is 3.47. The van der Waals surface area contributed by atoms with Gasteiger partial charge in [0.2, 0.25) is 11.8 Å². The van der Waals surface area contributed by atoms with Crippen molar-refractivity contribution in [1.29, 1.82) is 0 Å². The molecule has 0 aliphatic carbocycles. The summed E-state index contributed by atoms with van der Waals surface area (Å²) in [7, 11) is 0. The van der Waals surface area contributed by atoms with Crippen LogP contribution in [0, 0.1) is 0 Å². The van der Waals surface area contributed by atoms with E-state index >= 15 is 0 Å². The molecule has 51 heavy (non-hydrogen) atoms. The summed E-state index contributed by atoms with van der Waals surface area (Å²) in [6, 6.07) is 28.4. The molecular weight excluding hydrogens is 652 g/mol. The van der Waals surface area contributed by atoms with Gasteiger partial charge in [0.25, 0.3) is 5.91 Å². The quantitative estimate of drug-likeness (QED) is 0.139. The molecule has 4 aromatic carbocycles. The number of carbonyl (C=O) groups is 3. The first kappa shape index (κ1) is 34.1. The minimum absolute atomic E-state index is 0.0661. The molecule has 11 nitrogen and oxygen atoms in total. The number of piperidine rings is 1. The van der Waals surface area contributed by atoms with Crippen LogP contribution in [-0.2, 0) is 25.6 Å². The number of nitrogens with zero attached hydrogens (tertiary/aromatic N) is 1. The number of ether oxygens (including phenoxy) is 5. The van der Waals surface area contributed by atoms with E-state index in [1.54, 1.807) is 24.3 Å². The van der Waals surface area contributed by atoms with E-state index in [-0.39, 0.29) is 35.8 Å². The lowest BCUT2D eigenvalue weighted by Gasteiger charge is -2.34. The molecule has 3 atom stereocenters. The Hall–Kier alpha value is -5.39. The first-order valence-corrected chi connectivity index (χ1v) is 17.2. The number of carbonyl (C=O) groups excluding carboxylic acids is 3. The van der Waals surface area contributed by atoms with Gasteiger partial charge in [-0.15, -0.1) is 0 Å². The summed E-state index contributed by atoms with van der Waals surface area (Å²) in [5.74, 6) is 1.51. The van der Waals surface area contributed by atoms with Gasteiger partial charge in [-0.3, -0.25) is 19.7 Å². The molecule has 0 spiro atoms. The van der Waals surface area contributed by atoms with Crippen molar-refractivity contribution in [2.75, 3.05) is 46.2 Å². The van der Waals surface area contributed by atoms with Crippen LogP contribution in [0.3, 0.4) is 0 Å². The van der Waals surface area contributed by atoms with Gasteiger partial charge in [0.05, 0.1) is 33.0 Å². The maximum atomic E-state index is 12.9. The average molecular weight is 693 g/mol. The van der Waals surface area contributed by atoms with Gasteiger partial charge in [0.15, 0.2) is 0 Å². The van der Waals surface area contributed by atoms with Crippen molar-refractivity contribution in [3.8, 4) is 23.0 Å². The monoisotopic (exact) mass is 692 g/mol. The molecule has 0 aromatic heterocycles. The Morgan fingerprint density at radius 1 is 0.765 bits per heavy atom. The maximum Gasteiger partial charge on any atom is 0.255 e. The third-order valence-electron chi connectivity index (χ3n) is 9.48. The topological polar surface area (TPSA) is 133 Å². The molecule has 7 rings (SSSR count). The molecule has 3 heterocycles. The van der Waals surface area contributed by atoms with Crippen LogP contribution in [0.5, 0.6) is 23.0 Å². The highest BCUT2D eigenvalue weighted by molar-refractivity contribution is 6.05. The first-order valence-electron chi connectivity index (χ1n) is 17.2. The number of rotatable bonds is 14. The van der Waals surface area contributed by atoms with Crippen LogP contribution < -0.4 is 19.5 Å². The standard InChI is InChI=1S/C40H40N2O9/c43-29-8-12-33-36(23-29)51-25-34(26-4-2-1-3-5-26)38(33)27-6-9-30(10-7-27)49-20-18-47-16-17-48-19-21-50-31-11-13-32-28(22-31)24-42(40(32)46)35-14-15-37(44)41-39(35)45/h1-13,22-23,34-35,38,43H,14-21,24-25H2,(H,41,44,45)/t34-,35?,38-/m0/s1. The molecule has 11 heteroatoms. The number of amides is 3. The first-order chi connectivity index (χ1) is 24.9. The lowest BCUT2D eigenvalue weighted by atomic mass is 9.76. The Labute approximate surface area is 296 Å². The van der Waals surface area contributed by atoms with Crippen molar-refractivity contribution < 1.29 is 43.2 Å². The van der Waals surface area contributed by atoms with E-state index in [4.69, 9.17) is 23.7 Å². The van der Waals surface area contributed by atoms with Crippen LogP contribution in [0.25, 0.3) is 0 Å². The zero-order chi connectivity index (χ0) is 35.2. The number of imide groups is 1. The summed E-state index contributed by atoms with van der Waals surface area (Å²) in [5.41, 5.74) is 4.73. The zero-order valence-corrected chi connectivity index (χ0v) is 28.1. The Bertz CT molecular complexity index is 1860. The lowest BCUT2D eigenvalue weighted by molar-refractivity contribution is -0.136. The van der Waals surface area contributed by atoms with Crippen LogP contribution in [0.4, 0.5) is 0 Å². The predicted molar refractivity (Wildman–Crippen MR) is 186 cm³/mol. The normalized spacial score (nSPS) is 19.6. The van der Waals surface area contributed by atoms with Crippen LogP contribution in [-0.4, -0.2) is 80.0 Å². The summed E-state index contributed by atoms with van der Waals surface area (Å²) >= 11 is 0. The fourth-order valence-electron chi connectivity index (χ4n) is 6.97. The number of nitrogens with one attached hydrogen (secondary N) is 1. The number of hydrogen-bond acceptors (Lipinski definition) is 9. The van der Waals surface area contributed by atoms with Crippen molar-refractivity contribution in [3.05, 3.63) is 119 Å². The van der Waals surface area contributed by atoms with Crippen LogP contribution in [0.15, 0.2) is 91.0 Å². The summed E-state index contributed by atoms with van der Waals surface area (Å²) in [5, 5.41) is 12.3. The van der Waals surface area contributed by atoms with Crippen molar-refractivity contribution >= 4 is 17.7 Å². The molecule has 1 fully saturated rings. The van der Waals surface area contributed by atoms with Gasteiger partial charge in [-0.25, -0.2) is 0 Å². The minimum atomic E-state index is -0.644. The molecule has 3 aliphatic heterocycles. The van der Waals surface area contributed by atoms with E-state index in [9.17, 15) is 19.5 Å². The molecule has 4 aromatic rings. The summed E-state index contributed by atoms with van der Waals surface area (Å²) < 4.78 is 29.1. The van der Waals surface area contributed by atoms with E-state index in [1.807, 2.05) is 42.5 Å². The molecular formula is C40H40N2O9. The van der Waals surface area contributed by atoms with Crippen LogP contribution >= 0.6 is 0 Å². The van der Waals surface area contributed by atoms with E-state index in [1.165, 1.54) is 10.5 Å². The second kappa shape index (κ2) is 15.7. The Balaban J connectivity index is 0.804. The van der Waals surface area contributed by atoms with Crippen LogP contribution in [0.1, 0.15) is 57.3 Å². The number of fused-ring (bicyclic) bond motifs is 2. The van der Waals surface area contributed by atoms with Crippen molar-refractivity contribution in [2.24, 2.45) is 0 Å². The number of benzene rings is 4. The van der Waals surface area contributed by atoms with Crippen molar-refractivity contribution in [3.63, 3.8) is 0 Å². The Kier molecular flexibility index (Phi) is 10.5. The van der Waals surface area contributed by atoms with E-state index < -0.39 is 11.9 Å². The molecule has 0 bridgehead atoms. The second-order valence-corrected chi connectivity index (χ2v) is 12.7. The van der Waals surface area contributed by atoms with Gasteiger partial charge in [-0.1, -0.05) is 48.5 Å². The number of phenolic OH excluding ortho intramolecular Hbond substituents is 1. The highest BCUT2D eigenvalue weighted by atomic mass is 16.6. The summed E-state index contributed by atoms with van der Waals surface area (Å²) in [4.78, 5) is 38.1. The lowest BCUT2D eigenvalue weighted by Crippen LogP contribution is -2.52. The second-order valence-electron chi connectivity index (χ2n) is 12.7. The van der Waals surface area contributed by atoms with Crippen molar-refractivity contribution in [1.82, 2.24) is 10.2 Å². The van der Waals surface area contributed by atoms with E-state index in [2.05, 4.69) is 29.6 Å². The zero-order valence-electron chi connectivity index (χ0n) is 28.1. The summed E-state index contributed by atoms with van der Waals surface area (Å²) in [6.07, 6.45) is 0.546. The van der Waals surface area contributed by atoms with Gasteiger partial charge in [-0.05, 0) is 59.5 Å².